The van der Waals surface area contributed by atoms with E-state index in [1.54, 1.807) is 0 Å². The number of hydrogen-bond acceptors (Lipinski definition) is 5. The van der Waals surface area contributed by atoms with Gasteiger partial charge in [-0.15, -0.1) is 0 Å². The summed E-state index contributed by atoms with van der Waals surface area (Å²) in [6.45, 7) is 0. The van der Waals surface area contributed by atoms with Crippen LogP contribution in [-0.2, 0) is 9.59 Å². The molecule has 7 rings (SSSR count). The molecule has 0 radical (unpaired) electrons. The minimum atomic E-state index is 0.133. The molecule has 0 amide bonds. The minimum absolute atomic E-state index is 0.133. The monoisotopic (exact) mass is 695 g/mol. The molecule has 0 aliphatic heterocycles. The van der Waals surface area contributed by atoms with E-state index in [9.17, 15) is 9.59 Å². The fraction of sp³-hybridized carbons (Fsp3) is 0.167. The highest BCUT2D eigenvalue weighted by atomic mass is 16.1. The number of benzene rings is 5. The van der Waals surface area contributed by atoms with Crippen molar-refractivity contribution < 1.29 is 9.59 Å². The number of Topliss-reactive ketones (excluding diaryl/α,β-unsaturated/α-hetero) is 2. The second kappa shape index (κ2) is 15.6. The molecular formula is C48H45N3O2. The van der Waals surface area contributed by atoms with Gasteiger partial charge in [0.15, 0.2) is 11.6 Å². The van der Waals surface area contributed by atoms with Crippen LogP contribution >= 0.6 is 0 Å². The molecule has 0 saturated heterocycles. The second-order valence-electron chi connectivity index (χ2n) is 14.2. The van der Waals surface area contributed by atoms with Crippen molar-refractivity contribution in [3.8, 4) is 0 Å². The molecule has 0 heterocycles. The zero-order valence-electron chi connectivity index (χ0n) is 30.9. The van der Waals surface area contributed by atoms with Crippen molar-refractivity contribution in [2.24, 2.45) is 0 Å². The largest absolute Gasteiger partial charge is 0.378 e. The molecule has 5 aromatic rings. The summed E-state index contributed by atoms with van der Waals surface area (Å²) in [4.78, 5) is 33.0. The summed E-state index contributed by atoms with van der Waals surface area (Å²) in [7, 11) is 8.09. The standard InChI is InChI=1S/C48H45N3O2/c1-49(2)42-22-10-34(11-23-42)30-38-18-20-40(47(38)52)32-36-14-26-45(27-15-36)51(44-8-6-5-7-9-44)46-28-16-37(17-29-46)33-41-21-19-39(48(41)53)31-35-12-24-43(25-13-35)50(3)4/h5-17,22-33H,18-21H2,1-4H3/b38-30-,39-31+,40-32-,41-33+. The fourth-order valence-electron chi connectivity index (χ4n) is 6.96. The first kappa shape index (κ1) is 35.2. The van der Waals surface area contributed by atoms with Crippen molar-refractivity contribution in [1.29, 1.82) is 0 Å². The lowest BCUT2D eigenvalue weighted by atomic mass is 10.0. The number of anilines is 5. The average Bonchev–Trinajstić information content (AvgIpc) is 3.69. The van der Waals surface area contributed by atoms with Crippen LogP contribution in [0.4, 0.5) is 28.4 Å². The fourth-order valence-corrected chi connectivity index (χ4v) is 6.96. The molecule has 0 bridgehead atoms. The van der Waals surface area contributed by atoms with Crippen LogP contribution in [0.1, 0.15) is 47.9 Å². The molecule has 5 heteroatoms. The maximum Gasteiger partial charge on any atom is 0.185 e. The van der Waals surface area contributed by atoms with Crippen LogP contribution in [0.3, 0.4) is 0 Å². The molecule has 5 nitrogen and oxygen atoms in total. The summed E-state index contributed by atoms with van der Waals surface area (Å²) < 4.78 is 0. The Balaban J connectivity index is 1.07. The lowest BCUT2D eigenvalue weighted by Crippen LogP contribution is -2.09. The van der Waals surface area contributed by atoms with E-state index in [2.05, 4.69) is 124 Å². The number of rotatable bonds is 9. The number of allylic oxidation sites excluding steroid dienone is 4. The van der Waals surface area contributed by atoms with E-state index in [1.165, 1.54) is 0 Å². The van der Waals surface area contributed by atoms with E-state index in [0.29, 0.717) is 0 Å². The first-order valence-electron chi connectivity index (χ1n) is 18.2. The highest BCUT2D eigenvalue weighted by Gasteiger charge is 2.24. The molecule has 0 spiro atoms. The summed E-state index contributed by atoms with van der Waals surface area (Å²) in [5.74, 6) is 0.265. The number of carbonyl (C=O) groups excluding carboxylic acids is 2. The molecule has 5 aromatic carbocycles. The Kier molecular flexibility index (Phi) is 10.4. The van der Waals surface area contributed by atoms with E-state index in [-0.39, 0.29) is 11.6 Å². The molecule has 2 aliphatic carbocycles. The summed E-state index contributed by atoms with van der Waals surface area (Å²) in [6.07, 6.45) is 11.1. The van der Waals surface area contributed by atoms with Crippen LogP contribution in [0.15, 0.2) is 150 Å². The van der Waals surface area contributed by atoms with Crippen molar-refractivity contribution >= 4 is 64.3 Å². The van der Waals surface area contributed by atoms with Crippen molar-refractivity contribution in [3.05, 3.63) is 172 Å². The highest BCUT2D eigenvalue weighted by molar-refractivity contribution is 6.16. The zero-order chi connectivity index (χ0) is 36.9. The van der Waals surface area contributed by atoms with Crippen molar-refractivity contribution in [2.75, 3.05) is 42.9 Å². The molecule has 264 valence electrons. The maximum absolute atomic E-state index is 13.3. The number of hydrogen-bond donors (Lipinski definition) is 0. The molecule has 0 N–H and O–H groups in total. The van der Waals surface area contributed by atoms with Gasteiger partial charge in [-0.25, -0.2) is 0 Å². The van der Waals surface area contributed by atoms with Crippen LogP contribution in [0.25, 0.3) is 24.3 Å². The molecule has 0 aromatic heterocycles. The topological polar surface area (TPSA) is 43.9 Å². The quantitative estimate of drug-likeness (QED) is 0.144. The molecule has 53 heavy (non-hydrogen) atoms. The number of para-hydroxylation sites is 1. The van der Waals surface area contributed by atoms with E-state index < -0.39 is 0 Å². The normalized spacial score (nSPS) is 17.4. The maximum atomic E-state index is 13.3. The number of ketones is 2. The van der Waals surface area contributed by atoms with Gasteiger partial charge in [-0.3, -0.25) is 9.59 Å². The van der Waals surface area contributed by atoms with Crippen molar-refractivity contribution in [2.45, 2.75) is 25.7 Å². The Morgan fingerprint density at radius 1 is 0.358 bits per heavy atom. The predicted octanol–water partition coefficient (Wildman–Crippen LogP) is 10.9. The van der Waals surface area contributed by atoms with Gasteiger partial charge in [-0.05, 0) is 133 Å². The van der Waals surface area contributed by atoms with Crippen LogP contribution in [0.5, 0.6) is 0 Å². The smallest absolute Gasteiger partial charge is 0.185 e. The third kappa shape index (κ3) is 8.15. The third-order valence-electron chi connectivity index (χ3n) is 9.99. The van der Waals surface area contributed by atoms with Gasteiger partial charge in [0.25, 0.3) is 0 Å². The van der Waals surface area contributed by atoms with E-state index in [1.807, 2.05) is 70.7 Å². The van der Waals surface area contributed by atoms with Crippen LogP contribution in [-0.4, -0.2) is 39.8 Å². The first-order chi connectivity index (χ1) is 25.7. The zero-order valence-corrected chi connectivity index (χ0v) is 30.9. The van der Waals surface area contributed by atoms with Crippen LogP contribution in [0, 0.1) is 0 Å². The van der Waals surface area contributed by atoms with E-state index in [4.69, 9.17) is 0 Å². The van der Waals surface area contributed by atoms with Gasteiger partial charge in [-0.2, -0.15) is 0 Å². The summed E-state index contributed by atoms with van der Waals surface area (Å²) >= 11 is 0. The van der Waals surface area contributed by atoms with Crippen LogP contribution in [0.2, 0.25) is 0 Å². The Hall–Kier alpha value is -6.20. The van der Waals surface area contributed by atoms with Gasteiger partial charge in [0, 0.05) is 78.9 Å². The Morgan fingerprint density at radius 2 is 0.623 bits per heavy atom. The van der Waals surface area contributed by atoms with E-state index in [0.717, 1.165) is 98.7 Å². The SMILES string of the molecule is CN(C)c1ccc(/C=C2/CC/C(=C/c3ccc(N(c4ccccc4)c4ccc(/C=C5\CC/C(=C\c6ccc(N(C)C)cc6)C5=O)cc4)cc3)C2=O)cc1. The van der Waals surface area contributed by atoms with Gasteiger partial charge >= 0.3 is 0 Å². The van der Waals surface area contributed by atoms with Crippen molar-refractivity contribution in [1.82, 2.24) is 0 Å². The Bertz CT molecular complexity index is 2080. The Labute approximate surface area is 313 Å². The molecule has 2 fully saturated rings. The number of nitrogens with zero attached hydrogens (tertiary/aromatic N) is 3. The lowest BCUT2D eigenvalue weighted by Gasteiger charge is -2.25. The lowest BCUT2D eigenvalue weighted by molar-refractivity contribution is -0.112. The second-order valence-corrected chi connectivity index (χ2v) is 14.2. The highest BCUT2D eigenvalue weighted by Crippen LogP contribution is 2.36. The average molecular weight is 696 g/mol. The first-order valence-corrected chi connectivity index (χ1v) is 18.2. The third-order valence-corrected chi connectivity index (χ3v) is 9.99. The molecule has 2 aliphatic rings. The van der Waals surface area contributed by atoms with Gasteiger partial charge in [0.1, 0.15) is 0 Å². The molecule has 0 unspecified atom stereocenters. The van der Waals surface area contributed by atoms with Gasteiger partial charge in [-0.1, -0.05) is 66.7 Å². The summed E-state index contributed by atoms with van der Waals surface area (Å²) in [5, 5.41) is 0. The Morgan fingerprint density at radius 3 is 0.906 bits per heavy atom. The number of carbonyl (C=O) groups is 2. The van der Waals surface area contributed by atoms with Crippen LogP contribution < -0.4 is 14.7 Å². The van der Waals surface area contributed by atoms with Gasteiger partial charge in [0.05, 0.1) is 0 Å². The predicted molar refractivity (Wildman–Crippen MR) is 223 cm³/mol. The minimum Gasteiger partial charge on any atom is -0.378 e. The summed E-state index contributed by atoms with van der Waals surface area (Å²) in [6, 6.07) is 43.6. The van der Waals surface area contributed by atoms with Crippen molar-refractivity contribution in [3.63, 3.8) is 0 Å². The molecular weight excluding hydrogens is 651 g/mol. The van der Waals surface area contributed by atoms with E-state index >= 15 is 0 Å². The van der Waals surface area contributed by atoms with Gasteiger partial charge < -0.3 is 14.7 Å². The molecule has 2 saturated carbocycles. The summed E-state index contributed by atoms with van der Waals surface area (Å²) in [5.41, 5.74) is 12.9. The molecule has 0 atom stereocenters. The van der Waals surface area contributed by atoms with Gasteiger partial charge in [0.2, 0.25) is 0 Å².